The minimum atomic E-state index is -4.70. The number of hydrogen-bond acceptors (Lipinski definition) is 6. The SMILES string of the molecule is Cc1ccc2cc(C(C)Nc3nc(N)nc(C(F)(F)F)n3)oc2c1C. The quantitative estimate of drug-likeness (QED) is 0.741. The van der Waals surface area contributed by atoms with Gasteiger partial charge in [0.15, 0.2) is 0 Å². The number of anilines is 2. The Morgan fingerprint density at radius 3 is 2.56 bits per heavy atom. The third-order valence-electron chi connectivity index (χ3n) is 3.90. The normalized spacial score (nSPS) is 13.2. The predicted molar refractivity (Wildman–Crippen MR) is 87.0 cm³/mol. The molecule has 3 N–H and O–H groups in total. The highest BCUT2D eigenvalue weighted by molar-refractivity contribution is 5.82. The molecule has 1 atom stereocenters. The largest absolute Gasteiger partial charge is 0.459 e. The fourth-order valence-corrected chi connectivity index (χ4v) is 2.42. The van der Waals surface area contributed by atoms with E-state index in [-0.39, 0.29) is 5.95 Å². The molecule has 0 bridgehead atoms. The van der Waals surface area contributed by atoms with E-state index in [0.29, 0.717) is 5.76 Å². The summed E-state index contributed by atoms with van der Waals surface area (Å²) in [6.07, 6.45) is -4.70. The molecule has 0 saturated heterocycles. The summed E-state index contributed by atoms with van der Waals surface area (Å²) in [5.41, 5.74) is 8.19. The van der Waals surface area contributed by atoms with E-state index >= 15 is 0 Å². The summed E-state index contributed by atoms with van der Waals surface area (Å²) in [4.78, 5) is 10.2. The number of halogens is 3. The van der Waals surface area contributed by atoms with Crippen molar-refractivity contribution in [2.45, 2.75) is 33.0 Å². The van der Waals surface area contributed by atoms with Crippen LogP contribution in [-0.4, -0.2) is 15.0 Å². The van der Waals surface area contributed by atoms with Crippen LogP contribution in [0.1, 0.15) is 35.7 Å². The van der Waals surface area contributed by atoms with Crippen LogP contribution in [-0.2, 0) is 6.18 Å². The summed E-state index contributed by atoms with van der Waals surface area (Å²) >= 11 is 0. The lowest BCUT2D eigenvalue weighted by atomic mass is 10.1. The molecule has 2 heterocycles. The summed E-state index contributed by atoms with van der Waals surface area (Å²) in [5.74, 6) is -1.56. The van der Waals surface area contributed by atoms with Crippen LogP contribution in [0.5, 0.6) is 0 Å². The van der Waals surface area contributed by atoms with Gasteiger partial charge < -0.3 is 15.5 Å². The fourth-order valence-electron chi connectivity index (χ4n) is 2.42. The fraction of sp³-hybridized carbons (Fsp3) is 0.312. The molecule has 0 aliphatic carbocycles. The van der Waals surface area contributed by atoms with Gasteiger partial charge in [-0.15, -0.1) is 0 Å². The van der Waals surface area contributed by atoms with Crippen LogP contribution in [0.25, 0.3) is 11.0 Å². The van der Waals surface area contributed by atoms with Crippen LogP contribution >= 0.6 is 0 Å². The van der Waals surface area contributed by atoms with Crippen molar-refractivity contribution in [2.75, 3.05) is 11.1 Å². The number of nitrogens with zero attached hydrogens (tertiary/aromatic N) is 3. The Morgan fingerprint density at radius 2 is 1.88 bits per heavy atom. The number of fused-ring (bicyclic) bond motifs is 1. The molecule has 0 spiro atoms. The number of nitrogen functional groups attached to an aromatic ring is 1. The molecule has 132 valence electrons. The second kappa shape index (κ2) is 5.91. The molecule has 1 unspecified atom stereocenters. The van der Waals surface area contributed by atoms with Crippen molar-refractivity contribution in [3.05, 3.63) is 40.9 Å². The maximum Gasteiger partial charge on any atom is 0.451 e. The Kier molecular flexibility index (Phi) is 4.02. The Labute approximate surface area is 141 Å². The molecule has 0 aliphatic heterocycles. The second-order valence-electron chi connectivity index (χ2n) is 5.78. The number of alkyl halides is 3. The van der Waals surface area contributed by atoms with Crippen molar-refractivity contribution in [2.24, 2.45) is 0 Å². The summed E-state index contributed by atoms with van der Waals surface area (Å²) in [6, 6.07) is 5.28. The molecule has 1 aromatic carbocycles. The molecule has 0 radical (unpaired) electrons. The van der Waals surface area contributed by atoms with Crippen molar-refractivity contribution in [1.82, 2.24) is 15.0 Å². The first kappa shape index (κ1) is 17.0. The third kappa shape index (κ3) is 3.35. The molecule has 2 aromatic heterocycles. The minimum absolute atomic E-state index is 0.263. The van der Waals surface area contributed by atoms with Gasteiger partial charge in [-0.2, -0.15) is 28.1 Å². The lowest BCUT2D eigenvalue weighted by molar-refractivity contribution is -0.144. The number of furan rings is 1. The molecule has 3 rings (SSSR count). The van der Waals surface area contributed by atoms with E-state index in [1.807, 2.05) is 32.0 Å². The standard InChI is InChI=1S/C16H16F3N5O/c1-7-4-5-10-6-11(25-12(10)8(7)2)9(3)21-15-23-13(16(17,18)19)22-14(20)24-15/h4-6,9H,1-3H3,(H3,20,21,22,23,24). The number of nitrogens with two attached hydrogens (primary N) is 1. The van der Waals surface area contributed by atoms with Gasteiger partial charge >= 0.3 is 6.18 Å². The molecule has 0 saturated carbocycles. The van der Waals surface area contributed by atoms with Crippen LogP contribution in [0.3, 0.4) is 0 Å². The Morgan fingerprint density at radius 1 is 1.16 bits per heavy atom. The predicted octanol–water partition coefficient (Wildman–Crippen LogP) is 4.01. The van der Waals surface area contributed by atoms with Gasteiger partial charge in [0.25, 0.3) is 0 Å². The van der Waals surface area contributed by atoms with E-state index in [1.54, 1.807) is 6.92 Å². The molecular formula is C16H16F3N5O. The van der Waals surface area contributed by atoms with E-state index in [0.717, 1.165) is 22.1 Å². The Bertz CT molecular complexity index is 935. The zero-order valence-electron chi connectivity index (χ0n) is 13.8. The summed E-state index contributed by atoms with van der Waals surface area (Å²) in [7, 11) is 0. The first-order valence-corrected chi connectivity index (χ1v) is 7.50. The maximum absolute atomic E-state index is 12.8. The highest BCUT2D eigenvalue weighted by Crippen LogP contribution is 2.30. The lowest BCUT2D eigenvalue weighted by Gasteiger charge is -2.13. The van der Waals surface area contributed by atoms with Crippen molar-refractivity contribution in [3.8, 4) is 0 Å². The van der Waals surface area contributed by atoms with Gasteiger partial charge in [-0.1, -0.05) is 12.1 Å². The first-order valence-electron chi connectivity index (χ1n) is 7.50. The van der Waals surface area contributed by atoms with Crippen LogP contribution in [0.15, 0.2) is 22.6 Å². The zero-order valence-corrected chi connectivity index (χ0v) is 13.8. The number of benzene rings is 1. The van der Waals surface area contributed by atoms with Gasteiger partial charge in [0.05, 0.1) is 6.04 Å². The van der Waals surface area contributed by atoms with Crippen LogP contribution < -0.4 is 11.1 Å². The van der Waals surface area contributed by atoms with E-state index < -0.39 is 24.0 Å². The lowest BCUT2D eigenvalue weighted by Crippen LogP contribution is -2.17. The molecule has 6 nitrogen and oxygen atoms in total. The van der Waals surface area contributed by atoms with E-state index in [2.05, 4.69) is 20.3 Å². The monoisotopic (exact) mass is 351 g/mol. The highest BCUT2D eigenvalue weighted by atomic mass is 19.4. The van der Waals surface area contributed by atoms with Gasteiger partial charge in [-0.3, -0.25) is 0 Å². The Balaban J connectivity index is 1.91. The number of aromatic nitrogens is 3. The molecule has 0 aliphatic rings. The number of rotatable bonds is 3. The van der Waals surface area contributed by atoms with Crippen LogP contribution in [0.2, 0.25) is 0 Å². The smallest absolute Gasteiger partial charge is 0.451 e. The highest BCUT2D eigenvalue weighted by Gasteiger charge is 2.35. The molecule has 25 heavy (non-hydrogen) atoms. The molecule has 9 heteroatoms. The van der Waals surface area contributed by atoms with E-state index in [4.69, 9.17) is 10.2 Å². The molecule has 0 amide bonds. The minimum Gasteiger partial charge on any atom is -0.459 e. The van der Waals surface area contributed by atoms with Gasteiger partial charge in [0.1, 0.15) is 11.3 Å². The average Bonchev–Trinajstić information content (AvgIpc) is 2.95. The van der Waals surface area contributed by atoms with Crippen molar-refractivity contribution in [1.29, 1.82) is 0 Å². The number of hydrogen-bond donors (Lipinski definition) is 2. The summed E-state index contributed by atoms with van der Waals surface area (Å²) < 4.78 is 44.2. The Hall–Kier alpha value is -2.84. The van der Waals surface area contributed by atoms with Gasteiger partial charge in [0.2, 0.25) is 17.7 Å². The molecule has 3 aromatic rings. The average molecular weight is 351 g/mol. The van der Waals surface area contributed by atoms with Crippen molar-refractivity contribution in [3.63, 3.8) is 0 Å². The summed E-state index contributed by atoms with van der Waals surface area (Å²) in [5, 5.41) is 3.69. The topological polar surface area (TPSA) is 89.9 Å². The first-order chi connectivity index (χ1) is 11.6. The van der Waals surface area contributed by atoms with E-state index in [9.17, 15) is 13.2 Å². The molecule has 0 fully saturated rings. The summed E-state index contributed by atoms with van der Waals surface area (Å²) in [6.45, 7) is 5.66. The number of nitrogens with one attached hydrogen (secondary N) is 1. The van der Waals surface area contributed by atoms with Gasteiger partial charge in [0, 0.05) is 5.39 Å². The van der Waals surface area contributed by atoms with Crippen molar-refractivity contribution < 1.29 is 17.6 Å². The van der Waals surface area contributed by atoms with E-state index in [1.165, 1.54) is 0 Å². The maximum atomic E-state index is 12.8. The van der Waals surface area contributed by atoms with Gasteiger partial charge in [-0.25, -0.2) is 0 Å². The van der Waals surface area contributed by atoms with Gasteiger partial charge in [-0.05, 0) is 38.0 Å². The number of aryl methyl sites for hydroxylation is 2. The third-order valence-corrected chi connectivity index (χ3v) is 3.90. The molecular weight excluding hydrogens is 335 g/mol. The second-order valence-corrected chi connectivity index (χ2v) is 5.78. The van der Waals surface area contributed by atoms with Crippen LogP contribution in [0.4, 0.5) is 25.1 Å². The zero-order chi connectivity index (χ0) is 18.4. The van der Waals surface area contributed by atoms with Crippen molar-refractivity contribution >= 4 is 22.9 Å². The van der Waals surface area contributed by atoms with Crippen LogP contribution in [0, 0.1) is 13.8 Å².